The minimum Gasteiger partial charge on any atom is -0.393 e. The Bertz CT molecular complexity index is 2400. The van der Waals surface area contributed by atoms with E-state index in [9.17, 15) is 39.6 Å². The molecule has 464 valence electrons. The van der Waals surface area contributed by atoms with Crippen LogP contribution in [0.15, 0.2) is 46.6 Å². The van der Waals surface area contributed by atoms with Gasteiger partial charge in [-0.3, -0.25) is 19.2 Å². The molecular formula is C76H112O8. The lowest BCUT2D eigenvalue weighted by Gasteiger charge is -2.57. The summed E-state index contributed by atoms with van der Waals surface area (Å²) >= 11 is 0. The molecule has 84 heavy (non-hydrogen) atoms. The predicted molar refractivity (Wildman–Crippen MR) is 331 cm³/mol. The fourth-order valence-electron chi connectivity index (χ4n) is 26.1. The van der Waals surface area contributed by atoms with Crippen LogP contribution < -0.4 is 0 Å². The summed E-state index contributed by atoms with van der Waals surface area (Å²) in [6.07, 6.45) is 42.8. The maximum atomic E-state index is 11.8. The first-order valence-electron chi connectivity index (χ1n) is 35.5. The Balaban J connectivity index is 0.000000104. The van der Waals surface area contributed by atoms with E-state index in [4.69, 9.17) is 0 Å². The lowest BCUT2D eigenvalue weighted by atomic mass is 9.47. The minimum atomic E-state index is -0.0823. The van der Waals surface area contributed by atoms with Crippen LogP contribution in [0.4, 0.5) is 0 Å². The van der Waals surface area contributed by atoms with Gasteiger partial charge in [0.25, 0.3) is 0 Å². The second kappa shape index (κ2) is 21.6. The zero-order chi connectivity index (χ0) is 59.3. The Morgan fingerprint density at radius 2 is 0.464 bits per heavy atom. The molecule has 0 aliphatic heterocycles. The van der Waals surface area contributed by atoms with Crippen LogP contribution in [0.2, 0.25) is 0 Å². The highest BCUT2D eigenvalue weighted by molar-refractivity contribution is 5.93. The second-order valence-corrected chi connectivity index (χ2v) is 34.4. The van der Waals surface area contributed by atoms with Crippen LogP contribution in [0.5, 0.6) is 0 Å². The standard InChI is InChI=1S/4C19H28O2/c4*1-18-9-7-13(20)11-12(18)3-4-14-15-5-6-17(21)19(15,2)10-8-16(14)18/h4*11,14-17,21H,3-10H2,1-2H3/t4*14-,15-,16-,17-,18-,19-/m0000/s1. The molecule has 0 aromatic rings. The van der Waals surface area contributed by atoms with Crippen LogP contribution in [0.1, 0.15) is 261 Å². The molecule has 12 saturated carbocycles. The second-order valence-electron chi connectivity index (χ2n) is 34.4. The van der Waals surface area contributed by atoms with Crippen molar-refractivity contribution in [2.45, 2.75) is 285 Å². The van der Waals surface area contributed by atoms with Crippen molar-refractivity contribution >= 4 is 23.1 Å². The van der Waals surface area contributed by atoms with E-state index >= 15 is 0 Å². The Hall–Kier alpha value is -2.52. The monoisotopic (exact) mass is 1150 g/mol. The Labute approximate surface area is 506 Å². The van der Waals surface area contributed by atoms with E-state index in [1.807, 2.05) is 24.3 Å². The van der Waals surface area contributed by atoms with Crippen molar-refractivity contribution in [3.63, 3.8) is 0 Å². The lowest BCUT2D eigenvalue weighted by Crippen LogP contribution is -2.51. The van der Waals surface area contributed by atoms with E-state index in [2.05, 4.69) is 55.4 Å². The molecule has 0 heterocycles. The molecule has 0 bridgehead atoms. The molecule has 0 aromatic carbocycles. The largest absolute Gasteiger partial charge is 0.393 e. The molecule has 0 unspecified atom stereocenters. The van der Waals surface area contributed by atoms with Gasteiger partial charge in [0.1, 0.15) is 0 Å². The summed E-state index contributed by atoms with van der Waals surface area (Å²) in [5.74, 6) is 10.3. The summed E-state index contributed by atoms with van der Waals surface area (Å²) in [5, 5.41) is 41.8. The van der Waals surface area contributed by atoms with Crippen LogP contribution in [-0.4, -0.2) is 68.0 Å². The summed E-state index contributed by atoms with van der Waals surface area (Å²) in [4.78, 5) is 47.1. The average molecular weight is 1150 g/mol. The van der Waals surface area contributed by atoms with E-state index < -0.39 is 0 Å². The van der Waals surface area contributed by atoms with Crippen LogP contribution >= 0.6 is 0 Å². The number of hydrogen-bond donors (Lipinski definition) is 4. The first kappa shape index (κ1) is 60.4. The van der Waals surface area contributed by atoms with Crippen molar-refractivity contribution in [1.29, 1.82) is 0 Å². The molecular weight excluding hydrogens is 1040 g/mol. The molecule has 0 spiro atoms. The van der Waals surface area contributed by atoms with Crippen molar-refractivity contribution in [1.82, 2.24) is 0 Å². The molecule has 12 fully saturated rings. The average Bonchev–Trinajstić information content (AvgIpc) is 1.88. The van der Waals surface area contributed by atoms with E-state index in [0.29, 0.717) is 46.8 Å². The van der Waals surface area contributed by atoms with Crippen LogP contribution in [-0.2, 0) is 19.2 Å². The number of carbonyl (C=O) groups is 4. The summed E-state index contributed by atoms with van der Waals surface area (Å²) in [7, 11) is 0. The number of hydrogen-bond acceptors (Lipinski definition) is 8. The van der Waals surface area contributed by atoms with Gasteiger partial charge in [-0.25, -0.2) is 0 Å². The van der Waals surface area contributed by atoms with E-state index in [0.717, 1.165) is 150 Å². The molecule has 0 saturated heterocycles. The molecule has 8 nitrogen and oxygen atoms in total. The third kappa shape index (κ3) is 9.30. The molecule has 8 heteroatoms. The zero-order valence-corrected chi connectivity index (χ0v) is 53.6. The number of fused-ring (bicyclic) bond motifs is 20. The smallest absolute Gasteiger partial charge is 0.155 e. The number of aliphatic hydroxyl groups is 4. The maximum absolute atomic E-state index is 11.8. The third-order valence-electron chi connectivity index (χ3n) is 31.6. The van der Waals surface area contributed by atoms with Gasteiger partial charge in [-0.15, -0.1) is 0 Å². The van der Waals surface area contributed by atoms with Gasteiger partial charge in [-0.1, -0.05) is 77.7 Å². The first-order valence-corrected chi connectivity index (χ1v) is 35.5. The number of ketones is 4. The topological polar surface area (TPSA) is 149 Å². The fourth-order valence-corrected chi connectivity index (χ4v) is 26.1. The Kier molecular flexibility index (Phi) is 15.5. The van der Waals surface area contributed by atoms with Crippen LogP contribution in [0, 0.1) is 114 Å². The van der Waals surface area contributed by atoms with Crippen LogP contribution in [0.3, 0.4) is 0 Å². The molecule has 24 atom stereocenters. The summed E-state index contributed by atoms with van der Waals surface area (Å²) in [6.45, 7) is 19.1. The third-order valence-corrected chi connectivity index (χ3v) is 31.6. The van der Waals surface area contributed by atoms with Gasteiger partial charge < -0.3 is 20.4 Å². The van der Waals surface area contributed by atoms with Gasteiger partial charge in [0.05, 0.1) is 24.4 Å². The summed E-state index contributed by atoms with van der Waals surface area (Å²) in [6, 6.07) is 0. The van der Waals surface area contributed by atoms with Gasteiger partial charge in [-0.2, -0.15) is 0 Å². The van der Waals surface area contributed by atoms with Crippen molar-refractivity contribution in [3.05, 3.63) is 46.6 Å². The van der Waals surface area contributed by atoms with Crippen molar-refractivity contribution in [2.75, 3.05) is 0 Å². The van der Waals surface area contributed by atoms with Gasteiger partial charge >= 0.3 is 0 Å². The fraction of sp³-hybridized carbons (Fsp3) is 0.842. The normalized spacial score (nSPS) is 52.7. The number of rotatable bonds is 0. The highest BCUT2D eigenvalue weighted by atomic mass is 16.3. The highest BCUT2D eigenvalue weighted by Crippen LogP contribution is 2.70. The summed E-state index contributed by atoms with van der Waals surface area (Å²) < 4.78 is 0. The predicted octanol–water partition coefficient (Wildman–Crippen LogP) is 15.5. The number of allylic oxidation sites excluding steroid dienone is 4. The van der Waals surface area contributed by atoms with Gasteiger partial charge in [0.15, 0.2) is 23.1 Å². The van der Waals surface area contributed by atoms with E-state index in [-0.39, 0.29) is 67.7 Å². The summed E-state index contributed by atoms with van der Waals surface area (Å²) in [5.41, 5.74) is 7.54. The molecule has 16 rings (SSSR count). The van der Waals surface area contributed by atoms with Crippen molar-refractivity contribution in [2.24, 2.45) is 114 Å². The van der Waals surface area contributed by atoms with Gasteiger partial charge in [0.2, 0.25) is 0 Å². The maximum Gasteiger partial charge on any atom is 0.155 e. The SMILES string of the molecule is C[C@]12CC[C@H]3[C@@H](CCC4=CC(=O)CC[C@@]43C)[C@@H]1CC[C@@H]2O.C[C@]12CC[C@H]3[C@@H](CCC4=CC(=O)CC[C@@]43C)[C@@H]1CC[C@@H]2O.C[C@]12CC[C@H]3[C@@H](CCC4=CC(=O)CC[C@@]43C)[C@@H]1CC[C@@H]2O.C[C@]12CC[C@H]3[C@@H](CCC4=CC(=O)CC[C@@]43C)[C@@H]1CC[C@@H]2O. The molecule has 4 N–H and O–H groups in total. The number of carbonyl (C=O) groups excluding carboxylic acids is 4. The lowest BCUT2D eigenvalue weighted by molar-refractivity contribution is -0.118. The quantitative estimate of drug-likeness (QED) is 0.187. The van der Waals surface area contributed by atoms with E-state index in [1.165, 1.54) is 125 Å². The van der Waals surface area contributed by atoms with E-state index in [1.54, 1.807) is 0 Å². The Morgan fingerprint density at radius 3 is 0.667 bits per heavy atom. The highest BCUT2D eigenvalue weighted by Gasteiger charge is 2.63. The Morgan fingerprint density at radius 1 is 0.262 bits per heavy atom. The first-order chi connectivity index (χ1) is 39.8. The van der Waals surface area contributed by atoms with Crippen LogP contribution in [0.25, 0.3) is 0 Å². The molecule has 0 radical (unpaired) electrons. The molecule has 16 aliphatic carbocycles. The van der Waals surface area contributed by atoms with Crippen molar-refractivity contribution < 1.29 is 39.6 Å². The van der Waals surface area contributed by atoms with Gasteiger partial charge in [0, 0.05) is 25.7 Å². The molecule has 16 aliphatic rings. The van der Waals surface area contributed by atoms with Gasteiger partial charge in [-0.05, 0) is 318 Å². The molecule has 0 aromatic heterocycles. The minimum absolute atomic E-state index is 0.0823. The molecule has 0 amide bonds. The number of aliphatic hydroxyl groups excluding tert-OH is 4. The zero-order valence-electron chi connectivity index (χ0n) is 53.6. The van der Waals surface area contributed by atoms with Crippen molar-refractivity contribution in [3.8, 4) is 0 Å².